The second-order valence-corrected chi connectivity index (χ2v) is 5.69. The molecule has 0 bridgehead atoms. The largest absolute Gasteiger partial charge is 0.331 e. The number of anilines is 1. The highest BCUT2D eigenvalue weighted by Gasteiger charge is 2.49. The summed E-state index contributed by atoms with van der Waals surface area (Å²) >= 11 is 1.28. The number of hydrogen-bond acceptors (Lipinski definition) is 4. The fourth-order valence-electron chi connectivity index (χ4n) is 2.14. The van der Waals surface area contributed by atoms with E-state index in [0.29, 0.717) is 17.5 Å². The van der Waals surface area contributed by atoms with E-state index >= 15 is 0 Å². The Morgan fingerprint density at radius 1 is 1.53 bits per heavy atom. The molecule has 5 nitrogen and oxygen atoms in total. The third kappa shape index (κ3) is 2.04. The summed E-state index contributed by atoms with van der Waals surface area (Å²) in [7, 11) is 0. The topological polar surface area (TPSA) is 62.3 Å². The molecule has 17 heavy (non-hydrogen) atoms. The highest BCUT2D eigenvalue weighted by molar-refractivity contribution is 7.14. The molecule has 0 aliphatic carbocycles. The van der Waals surface area contributed by atoms with Crippen LogP contribution in [-0.2, 0) is 4.79 Å². The smallest absolute Gasteiger partial charge is 0.323 e. The first-order valence-corrected chi connectivity index (χ1v) is 6.38. The molecule has 0 spiro atoms. The maximum atomic E-state index is 12.3. The molecule has 2 heterocycles. The number of nitrogens with zero attached hydrogens (tertiary/aromatic N) is 2. The second kappa shape index (κ2) is 4.10. The Labute approximate surface area is 104 Å². The predicted molar refractivity (Wildman–Crippen MR) is 66.0 cm³/mol. The van der Waals surface area contributed by atoms with Crippen molar-refractivity contribution in [2.24, 2.45) is 5.92 Å². The van der Waals surface area contributed by atoms with Gasteiger partial charge < -0.3 is 5.32 Å². The average molecular weight is 253 g/mol. The van der Waals surface area contributed by atoms with Gasteiger partial charge in [0.15, 0.2) is 0 Å². The van der Waals surface area contributed by atoms with Crippen molar-refractivity contribution >= 4 is 28.4 Å². The van der Waals surface area contributed by atoms with E-state index in [1.165, 1.54) is 11.3 Å². The van der Waals surface area contributed by atoms with Crippen LogP contribution in [0.3, 0.4) is 0 Å². The van der Waals surface area contributed by atoms with Crippen molar-refractivity contribution in [3.05, 3.63) is 11.6 Å². The van der Waals surface area contributed by atoms with Gasteiger partial charge in [0.1, 0.15) is 5.54 Å². The molecule has 1 saturated heterocycles. The molecule has 1 fully saturated rings. The molecular formula is C11H15N3O2S. The van der Waals surface area contributed by atoms with Crippen LogP contribution in [0.2, 0.25) is 0 Å². The van der Waals surface area contributed by atoms with Crippen LogP contribution in [0.5, 0.6) is 0 Å². The fraction of sp³-hybridized carbons (Fsp3) is 0.545. The summed E-state index contributed by atoms with van der Waals surface area (Å²) in [5, 5.41) is 4.93. The number of rotatable bonds is 3. The molecule has 1 aliphatic rings. The number of imide groups is 1. The van der Waals surface area contributed by atoms with Crippen molar-refractivity contribution in [1.29, 1.82) is 0 Å². The van der Waals surface area contributed by atoms with E-state index in [9.17, 15) is 9.59 Å². The Bertz CT molecular complexity index is 444. The highest BCUT2D eigenvalue weighted by atomic mass is 32.1. The van der Waals surface area contributed by atoms with Crippen LogP contribution in [-0.4, -0.2) is 22.5 Å². The molecular weight excluding hydrogens is 238 g/mol. The average Bonchev–Trinajstić information content (AvgIpc) is 2.74. The SMILES string of the molecule is CC(C)CC1(C)NC(=O)N(c2nccs2)C1=O. The van der Waals surface area contributed by atoms with E-state index in [-0.39, 0.29) is 11.9 Å². The van der Waals surface area contributed by atoms with Crippen molar-refractivity contribution < 1.29 is 9.59 Å². The first kappa shape index (κ1) is 12.0. The number of urea groups is 1. The molecule has 1 N–H and O–H groups in total. The predicted octanol–water partition coefficient (Wildman–Crippen LogP) is 2.00. The van der Waals surface area contributed by atoms with Gasteiger partial charge >= 0.3 is 6.03 Å². The standard InChI is InChI=1S/C11H15N3O2S/c1-7(2)6-11(3)8(15)14(9(16)13-11)10-12-4-5-17-10/h4-5,7H,6H2,1-3H3,(H,13,16). The molecule has 1 aromatic heterocycles. The second-order valence-electron chi connectivity index (χ2n) is 4.82. The summed E-state index contributed by atoms with van der Waals surface area (Å²) < 4.78 is 0. The minimum atomic E-state index is -0.809. The van der Waals surface area contributed by atoms with Gasteiger partial charge in [-0.1, -0.05) is 13.8 Å². The maximum Gasteiger partial charge on any atom is 0.331 e. The lowest BCUT2D eigenvalue weighted by atomic mass is 9.91. The van der Waals surface area contributed by atoms with Gasteiger partial charge in [-0.2, -0.15) is 0 Å². The van der Waals surface area contributed by atoms with Crippen LogP contribution in [0.4, 0.5) is 9.93 Å². The molecule has 0 aromatic carbocycles. The minimum absolute atomic E-state index is 0.217. The van der Waals surface area contributed by atoms with E-state index in [1.807, 2.05) is 13.8 Å². The highest BCUT2D eigenvalue weighted by Crippen LogP contribution is 2.29. The van der Waals surface area contributed by atoms with E-state index in [1.54, 1.807) is 18.5 Å². The molecule has 0 saturated carbocycles. The summed E-state index contributed by atoms with van der Waals surface area (Å²) in [4.78, 5) is 29.3. The summed E-state index contributed by atoms with van der Waals surface area (Å²) in [5.74, 6) is 0.117. The number of amides is 3. The lowest BCUT2D eigenvalue weighted by Crippen LogP contribution is -2.45. The molecule has 0 radical (unpaired) electrons. The van der Waals surface area contributed by atoms with Crippen molar-refractivity contribution in [1.82, 2.24) is 10.3 Å². The number of carbonyl (C=O) groups is 2. The lowest BCUT2D eigenvalue weighted by Gasteiger charge is -2.23. The molecule has 1 aliphatic heterocycles. The van der Waals surface area contributed by atoms with E-state index in [2.05, 4.69) is 10.3 Å². The number of thiazole rings is 1. The molecule has 1 atom stereocenters. The monoisotopic (exact) mass is 253 g/mol. The van der Waals surface area contributed by atoms with Gasteiger partial charge in [0.25, 0.3) is 5.91 Å². The van der Waals surface area contributed by atoms with Crippen molar-refractivity contribution in [3.8, 4) is 0 Å². The first-order chi connectivity index (χ1) is 7.94. The van der Waals surface area contributed by atoms with Crippen LogP contribution in [0, 0.1) is 5.92 Å². The molecule has 1 aromatic rings. The van der Waals surface area contributed by atoms with Gasteiger partial charge in [-0.25, -0.2) is 14.7 Å². The Morgan fingerprint density at radius 2 is 2.24 bits per heavy atom. The first-order valence-electron chi connectivity index (χ1n) is 5.50. The number of carbonyl (C=O) groups excluding carboxylic acids is 2. The zero-order valence-corrected chi connectivity index (χ0v) is 10.9. The van der Waals surface area contributed by atoms with Gasteiger partial charge in [0.2, 0.25) is 5.13 Å². The Balaban J connectivity index is 2.28. The van der Waals surface area contributed by atoms with Gasteiger partial charge in [-0.15, -0.1) is 11.3 Å². The minimum Gasteiger partial charge on any atom is -0.323 e. The molecule has 1 unspecified atom stereocenters. The third-order valence-corrected chi connectivity index (χ3v) is 3.44. The van der Waals surface area contributed by atoms with Crippen LogP contribution in [0.25, 0.3) is 0 Å². The molecule has 2 rings (SSSR count). The van der Waals surface area contributed by atoms with Crippen LogP contribution in [0.1, 0.15) is 27.2 Å². The van der Waals surface area contributed by atoms with E-state index in [0.717, 1.165) is 4.90 Å². The summed E-state index contributed by atoms with van der Waals surface area (Å²) in [6.07, 6.45) is 2.21. The maximum absolute atomic E-state index is 12.3. The lowest BCUT2D eigenvalue weighted by molar-refractivity contribution is -0.122. The normalized spacial score (nSPS) is 24.6. The van der Waals surface area contributed by atoms with Crippen molar-refractivity contribution in [2.75, 3.05) is 4.90 Å². The van der Waals surface area contributed by atoms with Gasteiger partial charge in [-0.05, 0) is 19.3 Å². The number of nitrogens with one attached hydrogen (secondary N) is 1. The van der Waals surface area contributed by atoms with Gasteiger partial charge in [0, 0.05) is 11.6 Å². The van der Waals surface area contributed by atoms with Crippen LogP contribution < -0.4 is 10.2 Å². The number of hydrogen-bond donors (Lipinski definition) is 1. The summed E-state index contributed by atoms with van der Waals surface area (Å²) in [6, 6.07) is -0.381. The zero-order chi connectivity index (χ0) is 12.6. The van der Waals surface area contributed by atoms with Gasteiger partial charge in [0.05, 0.1) is 0 Å². The Kier molecular flexibility index (Phi) is 2.91. The van der Waals surface area contributed by atoms with Crippen molar-refractivity contribution in [2.45, 2.75) is 32.7 Å². The summed E-state index contributed by atoms with van der Waals surface area (Å²) in [5.41, 5.74) is -0.809. The van der Waals surface area contributed by atoms with E-state index < -0.39 is 5.54 Å². The van der Waals surface area contributed by atoms with Crippen molar-refractivity contribution in [3.63, 3.8) is 0 Å². The van der Waals surface area contributed by atoms with E-state index in [4.69, 9.17) is 0 Å². The summed E-state index contributed by atoms with van der Waals surface area (Å²) in [6.45, 7) is 5.81. The third-order valence-electron chi connectivity index (χ3n) is 2.69. The fourth-order valence-corrected chi connectivity index (χ4v) is 2.78. The molecule has 3 amide bonds. The molecule has 92 valence electrons. The quantitative estimate of drug-likeness (QED) is 0.838. The van der Waals surface area contributed by atoms with Gasteiger partial charge in [-0.3, -0.25) is 4.79 Å². The Hall–Kier alpha value is -1.43. The number of aromatic nitrogens is 1. The molecule has 6 heteroatoms. The zero-order valence-electron chi connectivity index (χ0n) is 10.1. The van der Waals surface area contributed by atoms with Crippen LogP contribution in [0.15, 0.2) is 11.6 Å². The Morgan fingerprint density at radius 3 is 2.76 bits per heavy atom. The van der Waals surface area contributed by atoms with Crippen LogP contribution >= 0.6 is 11.3 Å².